The van der Waals surface area contributed by atoms with Crippen LogP contribution in [0.2, 0.25) is 0 Å². The van der Waals surface area contributed by atoms with Gasteiger partial charge in [-0.05, 0) is 30.3 Å². The standard InChI is InChI=1S/C17H18N4O4S/c1-18-8-10-19(11-9-18)13-2-5-15(6-3-13)26-17-7-4-14(20(22)23)12-16(17)21(24)25/h2-7,12H,8-11H2,1H3/p+1. The number of likely N-dealkylation sites (N-methyl/N-ethyl adjacent to an activating group) is 1. The van der Waals surface area contributed by atoms with Crippen LogP contribution in [0.1, 0.15) is 0 Å². The fraction of sp³-hybridized carbons (Fsp3) is 0.294. The van der Waals surface area contributed by atoms with Gasteiger partial charge in [-0.3, -0.25) is 20.2 Å². The molecule has 3 rings (SSSR count). The molecule has 1 aliphatic heterocycles. The van der Waals surface area contributed by atoms with Gasteiger partial charge in [-0.2, -0.15) is 0 Å². The molecule has 1 N–H and O–H groups in total. The van der Waals surface area contributed by atoms with Gasteiger partial charge in [0.2, 0.25) is 0 Å². The highest BCUT2D eigenvalue weighted by Crippen LogP contribution is 2.37. The van der Waals surface area contributed by atoms with E-state index in [1.165, 1.54) is 28.8 Å². The van der Waals surface area contributed by atoms with Crippen molar-refractivity contribution in [1.82, 2.24) is 0 Å². The first-order valence-electron chi connectivity index (χ1n) is 8.21. The number of benzene rings is 2. The van der Waals surface area contributed by atoms with Gasteiger partial charge in [-0.1, -0.05) is 11.8 Å². The van der Waals surface area contributed by atoms with Crippen molar-refractivity contribution in [2.45, 2.75) is 9.79 Å². The number of hydrogen-bond donors (Lipinski definition) is 1. The van der Waals surface area contributed by atoms with Crippen molar-refractivity contribution in [2.24, 2.45) is 0 Å². The summed E-state index contributed by atoms with van der Waals surface area (Å²) in [7, 11) is 2.19. The predicted octanol–water partition coefficient (Wildman–Crippen LogP) is 1.99. The highest BCUT2D eigenvalue weighted by molar-refractivity contribution is 7.99. The second-order valence-electron chi connectivity index (χ2n) is 6.21. The van der Waals surface area contributed by atoms with Crippen LogP contribution in [0.15, 0.2) is 52.3 Å². The minimum Gasteiger partial charge on any atom is -0.360 e. The highest BCUT2D eigenvalue weighted by atomic mass is 32.2. The Morgan fingerprint density at radius 3 is 2.23 bits per heavy atom. The van der Waals surface area contributed by atoms with Gasteiger partial charge in [-0.15, -0.1) is 0 Å². The Kier molecular flexibility index (Phi) is 5.38. The first-order valence-corrected chi connectivity index (χ1v) is 9.02. The average Bonchev–Trinajstić information content (AvgIpc) is 2.63. The molecule has 0 spiro atoms. The number of nitro benzene ring substituents is 2. The topological polar surface area (TPSA) is 94.0 Å². The van der Waals surface area contributed by atoms with Crippen molar-refractivity contribution in [3.8, 4) is 0 Å². The van der Waals surface area contributed by atoms with Crippen molar-refractivity contribution < 1.29 is 14.7 Å². The Labute approximate surface area is 154 Å². The Morgan fingerprint density at radius 2 is 1.65 bits per heavy atom. The van der Waals surface area contributed by atoms with E-state index in [-0.39, 0.29) is 11.4 Å². The smallest absolute Gasteiger partial charge is 0.290 e. The van der Waals surface area contributed by atoms with Crippen LogP contribution in [0, 0.1) is 20.2 Å². The van der Waals surface area contributed by atoms with E-state index in [9.17, 15) is 20.2 Å². The molecule has 1 saturated heterocycles. The van der Waals surface area contributed by atoms with Gasteiger partial charge in [0.15, 0.2) is 0 Å². The fourth-order valence-electron chi connectivity index (χ4n) is 2.85. The number of quaternary nitrogens is 1. The Bertz CT molecular complexity index is 820. The van der Waals surface area contributed by atoms with E-state index in [2.05, 4.69) is 11.9 Å². The van der Waals surface area contributed by atoms with Gasteiger partial charge in [0.25, 0.3) is 11.4 Å². The lowest BCUT2D eigenvalue weighted by Gasteiger charge is -2.31. The van der Waals surface area contributed by atoms with Crippen molar-refractivity contribution in [3.05, 3.63) is 62.7 Å². The molecule has 0 bridgehead atoms. The molecule has 0 unspecified atom stereocenters. The first-order chi connectivity index (χ1) is 12.4. The molecule has 2 aromatic carbocycles. The molecule has 1 heterocycles. The third kappa shape index (κ3) is 4.12. The average molecular weight is 375 g/mol. The van der Waals surface area contributed by atoms with Crippen LogP contribution in [0.25, 0.3) is 0 Å². The predicted molar refractivity (Wildman–Crippen MR) is 99.1 cm³/mol. The van der Waals surface area contributed by atoms with E-state index in [0.29, 0.717) is 4.90 Å². The van der Waals surface area contributed by atoms with Crippen LogP contribution in [-0.4, -0.2) is 43.1 Å². The van der Waals surface area contributed by atoms with Gasteiger partial charge >= 0.3 is 0 Å². The largest absolute Gasteiger partial charge is 0.360 e. The molecular formula is C17H19N4O4S+. The number of non-ortho nitro benzene ring substituents is 1. The number of nitrogens with zero attached hydrogens (tertiary/aromatic N) is 3. The molecule has 0 aromatic heterocycles. The van der Waals surface area contributed by atoms with E-state index >= 15 is 0 Å². The van der Waals surface area contributed by atoms with E-state index < -0.39 is 9.85 Å². The fourth-order valence-corrected chi connectivity index (χ4v) is 3.75. The summed E-state index contributed by atoms with van der Waals surface area (Å²) in [5, 5.41) is 22.1. The molecule has 0 amide bonds. The minimum atomic E-state index is -0.631. The maximum atomic E-state index is 11.2. The van der Waals surface area contributed by atoms with E-state index in [1.807, 2.05) is 24.3 Å². The summed E-state index contributed by atoms with van der Waals surface area (Å²) in [6.07, 6.45) is 0. The summed E-state index contributed by atoms with van der Waals surface area (Å²) in [6.45, 7) is 4.22. The number of anilines is 1. The molecule has 0 atom stereocenters. The Hall–Kier alpha value is -2.65. The number of rotatable bonds is 5. The third-order valence-electron chi connectivity index (χ3n) is 4.40. The molecular weight excluding hydrogens is 356 g/mol. The monoisotopic (exact) mass is 375 g/mol. The number of nitro groups is 2. The van der Waals surface area contributed by atoms with Crippen LogP contribution in [0.5, 0.6) is 0 Å². The van der Waals surface area contributed by atoms with Gasteiger partial charge in [-0.25, -0.2) is 0 Å². The molecule has 0 radical (unpaired) electrons. The molecule has 0 aliphatic carbocycles. The van der Waals surface area contributed by atoms with E-state index in [1.54, 1.807) is 0 Å². The molecule has 9 heteroatoms. The molecule has 1 fully saturated rings. The summed E-state index contributed by atoms with van der Waals surface area (Å²) < 4.78 is 0. The van der Waals surface area contributed by atoms with Crippen molar-refractivity contribution in [2.75, 3.05) is 38.1 Å². The first kappa shape index (κ1) is 18.2. The molecule has 1 aliphatic rings. The Balaban J connectivity index is 1.77. The molecule has 26 heavy (non-hydrogen) atoms. The second kappa shape index (κ2) is 7.71. The van der Waals surface area contributed by atoms with Gasteiger partial charge < -0.3 is 9.80 Å². The van der Waals surface area contributed by atoms with Crippen molar-refractivity contribution in [3.63, 3.8) is 0 Å². The lowest BCUT2D eigenvalue weighted by Crippen LogP contribution is -3.12. The molecule has 0 saturated carbocycles. The summed E-state index contributed by atoms with van der Waals surface area (Å²) in [4.78, 5) is 25.9. The maximum absolute atomic E-state index is 11.2. The zero-order valence-corrected chi connectivity index (χ0v) is 15.1. The molecule has 8 nitrogen and oxygen atoms in total. The van der Waals surface area contributed by atoms with Gasteiger partial charge in [0, 0.05) is 16.6 Å². The van der Waals surface area contributed by atoms with E-state index in [4.69, 9.17) is 0 Å². The molecule has 2 aromatic rings. The van der Waals surface area contributed by atoms with Crippen LogP contribution in [0.4, 0.5) is 17.1 Å². The molecule has 136 valence electrons. The van der Waals surface area contributed by atoms with Crippen LogP contribution < -0.4 is 9.80 Å². The number of nitrogens with one attached hydrogen (secondary N) is 1. The number of piperazine rings is 1. The van der Waals surface area contributed by atoms with Crippen LogP contribution >= 0.6 is 11.8 Å². The lowest BCUT2D eigenvalue weighted by molar-refractivity contribution is -0.880. The lowest BCUT2D eigenvalue weighted by atomic mass is 10.2. The van der Waals surface area contributed by atoms with Crippen molar-refractivity contribution >= 4 is 28.8 Å². The summed E-state index contributed by atoms with van der Waals surface area (Å²) in [6, 6.07) is 11.6. The zero-order chi connectivity index (χ0) is 18.7. The summed E-state index contributed by atoms with van der Waals surface area (Å²) >= 11 is 1.23. The normalized spacial score (nSPS) is 15.0. The SMILES string of the molecule is C[NH+]1CCN(c2ccc(Sc3ccc([N+](=O)[O-])cc3[N+](=O)[O-])cc2)CC1. The maximum Gasteiger partial charge on any atom is 0.290 e. The van der Waals surface area contributed by atoms with Crippen LogP contribution in [0.3, 0.4) is 0 Å². The minimum absolute atomic E-state index is 0.254. The third-order valence-corrected chi connectivity index (χ3v) is 5.47. The van der Waals surface area contributed by atoms with Gasteiger partial charge in [0.1, 0.15) is 0 Å². The van der Waals surface area contributed by atoms with Crippen LogP contribution in [-0.2, 0) is 0 Å². The number of hydrogen-bond acceptors (Lipinski definition) is 6. The van der Waals surface area contributed by atoms with E-state index in [0.717, 1.165) is 42.8 Å². The summed E-state index contributed by atoms with van der Waals surface area (Å²) in [5.74, 6) is 0. The zero-order valence-electron chi connectivity index (χ0n) is 14.3. The summed E-state index contributed by atoms with van der Waals surface area (Å²) in [5.41, 5.74) is 0.601. The Morgan fingerprint density at radius 1 is 1.00 bits per heavy atom. The second-order valence-corrected chi connectivity index (χ2v) is 7.32. The van der Waals surface area contributed by atoms with Gasteiger partial charge in [0.05, 0.1) is 54.0 Å². The highest BCUT2D eigenvalue weighted by Gasteiger charge is 2.21. The van der Waals surface area contributed by atoms with Crippen molar-refractivity contribution in [1.29, 1.82) is 0 Å². The quantitative estimate of drug-likeness (QED) is 0.634.